The van der Waals surface area contributed by atoms with Crippen LogP contribution in [0.15, 0.2) is 18.2 Å². The minimum absolute atomic E-state index is 0.0696. The fraction of sp³-hybridized carbons (Fsp3) is 0.438. The van der Waals surface area contributed by atoms with Crippen LogP contribution in [-0.2, 0) is 9.59 Å². The largest absolute Gasteiger partial charge is 0.479 e. The van der Waals surface area contributed by atoms with Crippen LogP contribution in [0.2, 0.25) is 5.02 Å². The second kappa shape index (κ2) is 8.12. The lowest BCUT2D eigenvalue weighted by atomic mass is 10.1. The van der Waals surface area contributed by atoms with E-state index in [-0.39, 0.29) is 22.4 Å². The second-order valence-corrected chi connectivity index (χ2v) is 6.51. The normalized spacial score (nSPS) is 13.2. The molecule has 0 aliphatic rings. The molecule has 1 atom stereocenters. The quantitative estimate of drug-likeness (QED) is 0.595. The number of halogens is 1. The van der Waals surface area contributed by atoms with Crippen LogP contribution < -0.4 is 10.6 Å². The number of hydrogen-bond donors (Lipinski definition) is 4. The summed E-state index contributed by atoms with van der Waals surface area (Å²) in [4.78, 5) is 34.7. The molecule has 0 heterocycles. The van der Waals surface area contributed by atoms with Crippen LogP contribution in [0.3, 0.4) is 0 Å². The first kappa shape index (κ1) is 19.9. The highest BCUT2D eigenvalue weighted by molar-refractivity contribution is 6.34. The third-order valence-corrected chi connectivity index (χ3v) is 3.47. The Morgan fingerprint density at radius 2 is 1.92 bits per heavy atom. The summed E-state index contributed by atoms with van der Waals surface area (Å²) in [5.74, 6) is -2.10. The van der Waals surface area contributed by atoms with Crippen molar-refractivity contribution in [2.75, 3.05) is 11.9 Å². The fourth-order valence-electron chi connectivity index (χ4n) is 1.78. The van der Waals surface area contributed by atoms with Crippen LogP contribution in [0.4, 0.5) is 5.69 Å². The van der Waals surface area contributed by atoms with E-state index in [2.05, 4.69) is 10.6 Å². The number of carboxylic acid groups (broad SMARTS) is 1. The first-order valence-corrected chi connectivity index (χ1v) is 7.74. The van der Waals surface area contributed by atoms with Crippen LogP contribution in [0, 0.1) is 5.92 Å². The molecule has 0 bridgehead atoms. The molecule has 1 aromatic rings. The van der Waals surface area contributed by atoms with E-state index in [0.29, 0.717) is 12.1 Å². The van der Waals surface area contributed by atoms with Gasteiger partial charge in [0.2, 0.25) is 5.91 Å². The molecule has 0 saturated heterocycles. The number of rotatable bonds is 7. The molecule has 0 radical (unpaired) electrons. The summed E-state index contributed by atoms with van der Waals surface area (Å²) in [5, 5.41) is 23.5. The molecule has 4 N–H and O–H groups in total. The van der Waals surface area contributed by atoms with Crippen LogP contribution >= 0.6 is 11.6 Å². The van der Waals surface area contributed by atoms with Crippen molar-refractivity contribution < 1.29 is 24.6 Å². The van der Waals surface area contributed by atoms with Crippen molar-refractivity contribution in [1.82, 2.24) is 5.32 Å². The van der Waals surface area contributed by atoms with Gasteiger partial charge in [-0.3, -0.25) is 9.59 Å². The van der Waals surface area contributed by atoms with Crippen molar-refractivity contribution in [3.8, 4) is 0 Å². The van der Waals surface area contributed by atoms with Crippen molar-refractivity contribution in [3.63, 3.8) is 0 Å². The molecule has 0 fully saturated rings. The number of nitrogens with one attached hydrogen (secondary N) is 2. The maximum atomic E-state index is 12.1. The highest BCUT2D eigenvalue weighted by atomic mass is 35.5. The van der Waals surface area contributed by atoms with Crippen molar-refractivity contribution in [1.29, 1.82) is 0 Å². The summed E-state index contributed by atoms with van der Waals surface area (Å²) in [6.45, 7) is 4.41. The van der Waals surface area contributed by atoms with E-state index in [1.807, 2.05) is 13.8 Å². The second-order valence-electron chi connectivity index (χ2n) is 6.10. The zero-order valence-corrected chi connectivity index (χ0v) is 14.5. The molecule has 2 amide bonds. The Morgan fingerprint density at radius 3 is 2.46 bits per heavy atom. The third-order valence-electron chi connectivity index (χ3n) is 3.14. The molecule has 0 aromatic heterocycles. The number of benzene rings is 1. The summed E-state index contributed by atoms with van der Waals surface area (Å²) in [6.07, 6.45) is 0.339. The summed E-state index contributed by atoms with van der Waals surface area (Å²) < 4.78 is 0. The van der Waals surface area contributed by atoms with E-state index in [1.54, 1.807) is 6.07 Å². The summed E-state index contributed by atoms with van der Waals surface area (Å²) in [6, 6.07) is 4.41. The van der Waals surface area contributed by atoms with Crippen molar-refractivity contribution in [2.45, 2.75) is 32.8 Å². The molecule has 0 aliphatic heterocycles. The number of aliphatic hydroxyl groups is 1. The number of carbonyl (C=O) groups excluding carboxylic acids is 2. The van der Waals surface area contributed by atoms with Crippen molar-refractivity contribution in [2.24, 2.45) is 5.92 Å². The van der Waals surface area contributed by atoms with Crippen molar-refractivity contribution >= 4 is 35.1 Å². The van der Waals surface area contributed by atoms with Gasteiger partial charge in [-0.15, -0.1) is 0 Å². The molecular weight excluding hydrogens is 336 g/mol. The molecule has 8 heteroatoms. The highest BCUT2D eigenvalue weighted by Crippen LogP contribution is 2.21. The number of carboxylic acids is 1. The maximum absolute atomic E-state index is 12.1. The van der Waals surface area contributed by atoms with E-state index in [0.717, 1.165) is 6.92 Å². The molecule has 132 valence electrons. The van der Waals surface area contributed by atoms with Crippen molar-refractivity contribution in [3.05, 3.63) is 28.8 Å². The standard InChI is InChI=1S/C16H21ClN2O5/c1-9(2)6-13(20)19-10-4-5-12(17)11(7-10)14(21)18-8-16(3,24)15(22)23/h4-5,7,9,24H,6,8H2,1-3H3,(H,18,21)(H,19,20)(H,22,23). The van der Waals surface area contributed by atoms with Gasteiger partial charge >= 0.3 is 5.97 Å². The first-order valence-electron chi connectivity index (χ1n) is 7.36. The number of hydrogen-bond acceptors (Lipinski definition) is 4. The SMILES string of the molecule is CC(C)CC(=O)Nc1ccc(Cl)c(C(=O)NCC(C)(O)C(=O)O)c1. The van der Waals surface area contributed by atoms with Crippen LogP contribution in [0.5, 0.6) is 0 Å². The van der Waals surface area contributed by atoms with E-state index in [9.17, 15) is 19.5 Å². The topological polar surface area (TPSA) is 116 Å². The van der Waals surface area contributed by atoms with Gasteiger partial charge in [-0.25, -0.2) is 4.79 Å². The lowest BCUT2D eigenvalue weighted by molar-refractivity contribution is -0.155. The summed E-state index contributed by atoms with van der Waals surface area (Å²) in [7, 11) is 0. The Balaban J connectivity index is 2.84. The molecule has 0 saturated carbocycles. The van der Waals surface area contributed by atoms with Gasteiger partial charge in [0.25, 0.3) is 5.91 Å². The summed E-state index contributed by atoms with van der Waals surface area (Å²) in [5.41, 5.74) is -1.62. The minimum atomic E-state index is -2.09. The van der Waals surface area contributed by atoms with Gasteiger partial charge in [-0.1, -0.05) is 25.4 Å². The molecular formula is C16H21ClN2O5. The van der Waals surface area contributed by atoms with Gasteiger partial charge in [-0.2, -0.15) is 0 Å². The monoisotopic (exact) mass is 356 g/mol. The Morgan fingerprint density at radius 1 is 1.29 bits per heavy atom. The summed E-state index contributed by atoms with van der Waals surface area (Å²) >= 11 is 5.97. The lowest BCUT2D eigenvalue weighted by Gasteiger charge is -2.18. The lowest BCUT2D eigenvalue weighted by Crippen LogP contribution is -2.46. The zero-order valence-electron chi connectivity index (χ0n) is 13.7. The molecule has 0 aliphatic carbocycles. The van der Waals surface area contributed by atoms with E-state index in [4.69, 9.17) is 16.7 Å². The number of aliphatic carboxylic acids is 1. The van der Waals surface area contributed by atoms with Gasteiger partial charge in [0.15, 0.2) is 5.60 Å². The third kappa shape index (κ3) is 5.82. The molecule has 0 spiro atoms. The van der Waals surface area contributed by atoms with Gasteiger partial charge in [0.05, 0.1) is 17.1 Å². The zero-order chi connectivity index (χ0) is 18.5. The number of anilines is 1. The Hall–Kier alpha value is -2.12. The van der Waals surface area contributed by atoms with Crippen LogP contribution in [-0.4, -0.2) is 40.1 Å². The molecule has 7 nitrogen and oxygen atoms in total. The average Bonchev–Trinajstić information content (AvgIpc) is 2.45. The Kier molecular flexibility index (Phi) is 6.74. The number of carbonyl (C=O) groups is 3. The van der Waals surface area contributed by atoms with E-state index < -0.39 is 24.0 Å². The minimum Gasteiger partial charge on any atom is -0.479 e. The highest BCUT2D eigenvalue weighted by Gasteiger charge is 2.30. The maximum Gasteiger partial charge on any atom is 0.337 e. The van der Waals surface area contributed by atoms with Gasteiger partial charge in [0.1, 0.15) is 0 Å². The fourth-order valence-corrected chi connectivity index (χ4v) is 1.99. The average molecular weight is 357 g/mol. The Labute approximate surface area is 145 Å². The smallest absolute Gasteiger partial charge is 0.337 e. The van der Waals surface area contributed by atoms with Gasteiger partial charge in [-0.05, 0) is 31.0 Å². The Bertz CT molecular complexity index is 643. The van der Waals surface area contributed by atoms with Gasteiger partial charge in [0, 0.05) is 12.1 Å². The van der Waals surface area contributed by atoms with Gasteiger partial charge < -0.3 is 20.8 Å². The van der Waals surface area contributed by atoms with E-state index in [1.165, 1.54) is 12.1 Å². The van der Waals surface area contributed by atoms with E-state index >= 15 is 0 Å². The predicted octanol–water partition coefficient (Wildman–Crippen LogP) is 1.89. The number of amides is 2. The molecule has 1 rings (SSSR count). The molecule has 24 heavy (non-hydrogen) atoms. The van der Waals surface area contributed by atoms with Crippen LogP contribution in [0.1, 0.15) is 37.6 Å². The van der Waals surface area contributed by atoms with Crippen LogP contribution in [0.25, 0.3) is 0 Å². The molecule has 1 unspecified atom stereocenters. The predicted molar refractivity (Wildman–Crippen MR) is 90.1 cm³/mol. The first-order chi connectivity index (χ1) is 11.0. The molecule has 1 aromatic carbocycles.